The Morgan fingerprint density at radius 2 is 1.78 bits per heavy atom. The predicted molar refractivity (Wildman–Crippen MR) is 102 cm³/mol. The molecule has 1 saturated heterocycles. The summed E-state index contributed by atoms with van der Waals surface area (Å²) in [6, 6.07) is 8.60. The van der Waals surface area contributed by atoms with E-state index in [0.29, 0.717) is 50.9 Å². The lowest BCUT2D eigenvalue weighted by molar-refractivity contribution is 0.319. The second-order valence-corrected chi connectivity index (χ2v) is 7.85. The zero-order valence-electron chi connectivity index (χ0n) is 15.5. The standard InChI is InChI=1S/C18H24N4O4S/c1-3-25-15-7-8-16(26-4-2)17(14-15)27(23,24)22-12-10-21(11-13-22)18-6-5-9-19-20-18/h5-9,14H,3-4,10-13H2,1-2H3. The van der Waals surface area contributed by atoms with E-state index < -0.39 is 10.0 Å². The van der Waals surface area contributed by atoms with Crippen molar-refractivity contribution in [3.63, 3.8) is 0 Å². The minimum absolute atomic E-state index is 0.142. The van der Waals surface area contributed by atoms with E-state index in [2.05, 4.69) is 10.2 Å². The van der Waals surface area contributed by atoms with Crippen LogP contribution in [0.1, 0.15) is 13.8 Å². The first-order chi connectivity index (χ1) is 13.1. The molecule has 9 heteroatoms. The minimum atomic E-state index is -3.70. The molecule has 0 N–H and O–H groups in total. The third-order valence-corrected chi connectivity index (χ3v) is 6.18. The second-order valence-electron chi connectivity index (χ2n) is 5.95. The Kier molecular flexibility index (Phi) is 6.12. The number of ether oxygens (including phenoxy) is 2. The zero-order valence-corrected chi connectivity index (χ0v) is 16.4. The Morgan fingerprint density at radius 3 is 2.41 bits per heavy atom. The number of rotatable bonds is 7. The third kappa shape index (κ3) is 4.30. The summed E-state index contributed by atoms with van der Waals surface area (Å²) >= 11 is 0. The molecule has 1 aromatic heterocycles. The Labute approximate surface area is 159 Å². The van der Waals surface area contributed by atoms with Gasteiger partial charge in [0.15, 0.2) is 5.82 Å². The van der Waals surface area contributed by atoms with Crippen LogP contribution in [0.4, 0.5) is 5.82 Å². The van der Waals surface area contributed by atoms with Gasteiger partial charge < -0.3 is 14.4 Å². The van der Waals surface area contributed by atoms with Crippen LogP contribution in [0, 0.1) is 0 Å². The van der Waals surface area contributed by atoms with Gasteiger partial charge in [0.1, 0.15) is 16.4 Å². The molecule has 1 aliphatic rings. The number of hydrogen-bond donors (Lipinski definition) is 0. The molecular formula is C18H24N4O4S. The van der Waals surface area contributed by atoms with Crippen LogP contribution >= 0.6 is 0 Å². The maximum absolute atomic E-state index is 13.2. The van der Waals surface area contributed by atoms with Gasteiger partial charge in [-0.05, 0) is 38.1 Å². The highest BCUT2D eigenvalue weighted by Crippen LogP contribution is 2.31. The quantitative estimate of drug-likeness (QED) is 0.710. The van der Waals surface area contributed by atoms with Crippen LogP contribution in [0.2, 0.25) is 0 Å². The van der Waals surface area contributed by atoms with Crippen molar-refractivity contribution in [2.45, 2.75) is 18.7 Å². The highest BCUT2D eigenvalue weighted by molar-refractivity contribution is 7.89. The Balaban J connectivity index is 1.81. The number of benzene rings is 1. The molecule has 0 spiro atoms. The van der Waals surface area contributed by atoms with E-state index in [4.69, 9.17) is 9.47 Å². The lowest BCUT2D eigenvalue weighted by Gasteiger charge is -2.34. The van der Waals surface area contributed by atoms with Gasteiger partial charge in [0.25, 0.3) is 0 Å². The van der Waals surface area contributed by atoms with Crippen molar-refractivity contribution < 1.29 is 17.9 Å². The van der Waals surface area contributed by atoms with Gasteiger partial charge in [-0.1, -0.05) is 0 Å². The fourth-order valence-electron chi connectivity index (χ4n) is 2.98. The van der Waals surface area contributed by atoms with E-state index >= 15 is 0 Å². The van der Waals surface area contributed by atoms with Crippen LogP contribution in [0.15, 0.2) is 41.4 Å². The monoisotopic (exact) mass is 392 g/mol. The number of sulfonamides is 1. The smallest absolute Gasteiger partial charge is 0.247 e. The molecule has 146 valence electrons. The van der Waals surface area contributed by atoms with Gasteiger partial charge in [-0.15, -0.1) is 5.10 Å². The van der Waals surface area contributed by atoms with Crippen LogP contribution in [0.5, 0.6) is 11.5 Å². The summed E-state index contributed by atoms with van der Waals surface area (Å²) in [5.41, 5.74) is 0. The van der Waals surface area contributed by atoms with E-state index in [0.717, 1.165) is 5.82 Å². The maximum Gasteiger partial charge on any atom is 0.247 e. The number of piperazine rings is 1. The normalized spacial score (nSPS) is 15.6. The number of anilines is 1. The van der Waals surface area contributed by atoms with Crippen molar-refractivity contribution in [2.75, 3.05) is 44.3 Å². The lowest BCUT2D eigenvalue weighted by Crippen LogP contribution is -2.49. The summed E-state index contributed by atoms with van der Waals surface area (Å²) in [4.78, 5) is 2.17. The molecule has 0 unspecified atom stereocenters. The van der Waals surface area contributed by atoms with Crippen molar-refractivity contribution >= 4 is 15.8 Å². The van der Waals surface area contributed by atoms with Crippen LogP contribution in [0.25, 0.3) is 0 Å². The molecular weight excluding hydrogens is 368 g/mol. The molecule has 2 heterocycles. The Bertz CT molecular complexity index is 853. The van der Waals surface area contributed by atoms with Gasteiger partial charge in [0, 0.05) is 38.4 Å². The predicted octanol–water partition coefficient (Wildman–Crippen LogP) is 1.78. The van der Waals surface area contributed by atoms with Crippen LogP contribution in [0.3, 0.4) is 0 Å². The average Bonchev–Trinajstić information content (AvgIpc) is 2.70. The molecule has 2 aromatic rings. The summed E-state index contributed by atoms with van der Waals surface area (Å²) in [6.45, 7) is 6.36. The van der Waals surface area contributed by atoms with Crippen molar-refractivity contribution in [1.82, 2.24) is 14.5 Å². The SMILES string of the molecule is CCOc1ccc(OCC)c(S(=O)(=O)N2CCN(c3cccnn3)CC2)c1. The largest absolute Gasteiger partial charge is 0.494 e. The Morgan fingerprint density at radius 1 is 1.04 bits per heavy atom. The first-order valence-electron chi connectivity index (χ1n) is 8.98. The minimum Gasteiger partial charge on any atom is -0.494 e. The molecule has 0 saturated carbocycles. The van der Waals surface area contributed by atoms with E-state index in [1.54, 1.807) is 24.4 Å². The molecule has 0 amide bonds. The van der Waals surface area contributed by atoms with Crippen molar-refractivity contribution in [3.8, 4) is 11.5 Å². The van der Waals surface area contributed by atoms with Crippen molar-refractivity contribution in [1.29, 1.82) is 0 Å². The number of nitrogens with zero attached hydrogens (tertiary/aromatic N) is 4. The van der Waals surface area contributed by atoms with E-state index in [9.17, 15) is 8.42 Å². The van der Waals surface area contributed by atoms with Gasteiger partial charge in [-0.25, -0.2) is 8.42 Å². The first kappa shape index (κ1) is 19.4. The van der Waals surface area contributed by atoms with Gasteiger partial charge in [0.2, 0.25) is 10.0 Å². The number of hydrogen-bond acceptors (Lipinski definition) is 7. The maximum atomic E-state index is 13.2. The summed E-state index contributed by atoms with van der Waals surface area (Å²) in [7, 11) is -3.70. The summed E-state index contributed by atoms with van der Waals surface area (Å²) in [6.07, 6.45) is 1.62. The molecule has 0 radical (unpaired) electrons. The van der Waals surface area contributed by atoms with Crippen molar-refractivity contribution in [2.24, 2.45) is 0 Å². The fourth-order valence-corrected chi connectivity index (χ4v) is 4.55. The average molecular weight is 392 g/mol. The molecule has 27 heavy (non-hydrogen) atoms. The molecule has 8 nitrogen and oxygen atoms in total. The molecule has 1 aromatic carbocycles. The van der Waals surface area contributed by atoms with Gasteiger partial charge in [-0.2, -0.15) is 9.40 Å². The summed E-state index contributed by atoms with van der Waals surface area (Å²) in [5, 5.41) is 7.97. The topological polar surface area (TPSA) is 84.9 Å². The molecule has 0 atom stereocenters. The molecule has 1 fully saturated rings. The van der Waals surface area contributed by atoms with E-state index in [-0.39, 0.29) is 4.90 Å². The van der Waals surface area contributed by atoms with Crippen LogP contribution < -0.4 is 14.4 Å². The summed E-state index contributed by atoms with van der Waals surface area (Å²) in [5.74, 6) is 1.61. The third-order valence-electron chi connectivity index (χ3n) is 4.26. The van der Waals surface area contributed by atoms with Gasteiger partial charge >= 0.3 is 0 Å². The Hall–Kier alpha value is -2.39. The lowest BCUT2D eigenvalue weighted by atomic mass is 10.3. The highest BCUT2D eigenvalue weighted by Gasteiger charge is 2.31. The molecule has 0 bridgehead atoms. The van der Waals surface area contributed by atoms with Gasteiger partial charge in [0.05, 0.1) is 13.2 Å². The summed E-state index contributed by atoms with van der Waals surface area (Å²) < 4.78 is 39.0. The molecule has 3 rings (SSSR count). The fraction of sp³-hybridized carbons (Fsp3) is 0.444. The first-order valence-corrected chi connectivity index (χ1v) is 10.4. The molecule has 1 aliphatic heterocycles. The van der Waals surface area contributed by atoms with Crippen LogP contribution in [-0.2, 0) is 10.0 Å². The highest BCUT2D eigenvalue weighted by atomic mass is 32.2. The molecule has 0 aliphatic carbocycles. The van der Waals surface area contributed by atoms with E-state index in [1.807, 2.05) is 30.9 Å². The van der Waals surface area contributed by atoms with Crippen molar-refractivity contribution in [3.05, 3.63) is 36.5 Å². The van der Waals surface area contributed by atoms with E-state index in [1.165, 1.54) is 4.31 Å². The zero-order chi connectivity index (χ0) is 19.3. The second kappa shape index (κ2) is 8.53. The van der Waals surface area contributed by atoms with Gasteiger partial charge in [-0.3, -0.25) is 0 Å². The van der Waals surface area contributed by atoms with Crippen LogP contribution in [-0.4, -0.2) is 62.3 Å². The number of aromatic nitrogens is 2.